The molecule has 1 aliphatic heterocycles. The number of aliphatic imine (C=N–C) groups is 1. The van der Waals surface area contributed by atoms with Crippen molar-refractivity contribution in [3.63, 3.8) is 0 Å². The number of rotatable bonds is 6. The molecule has 0 saturated carbocycles. The van der Waals surface area contributed by atoms with Gasteiger partial charge in [0.25, 0.3) is 0 Å². The van der Waals surface area contributed by atoms with E-state index in [0.29, 0.717) is 24.6 Å². The van der Waals surface area contributed by atoms with E-state index in [0.717, 1.165) is 26.0 Å². The maximum absolute atomic E-state index is 12.9. The second-order valence-corrected chi connectivity index (χ2v) is 6.05. The Labute approximate surface area is 160 Å². The minimum absolute atomic E-state index is 0. The van der Waals surface area contributed by atoms with Gasteiger partial charge in [-0.25, -0.2) is 4.39 Å². The Morgan fingerprint density at radius 2 is 2.08 bits per heavy atom. The van der Waals surface area contributed by atoms with Crippen LogP contribution in [0.15, 0.2) is 29.3 Å². The summed E-state index contributed by atoms with van der Waals surface area (Å²) in [6, 6.07) is 5.85. The number of aliphatic hydroxyl groups is 1. The van der Waals surface area contributed by atoms with Crippen molar-refractivity contribution in [1.82, 2.24) is 10.6 Å². The average Bonchev–Trinajstić information content (AvgIpc) is 2.97. The highest BCUT2D eigenvalue weighted by Gasteiger charge is 2.29. The molecule has 1 fully saturated rings. The zero-order valence-corrected chi connectivity index (χ0v) is 16.5. The Balaban J connectivity index is 0.00000288. The van der Waals surface area contributed by atoms with Crippen LogP contribution in [0.3, 0.4) is 0 Å². The Morgan fingerprint density at radius 1 is 1.38 bits per heavy atom. The number of nitrogens with zero attached hydrogens (tertiary/aromatic N) is 1. The molecule has 7 heteroatoms. The molecule has 3 N–H and O–H groups in total. The molecular formula is C17H27FIN3O2. The molecule has 0 radical (unpaired) electrons. The van der Waals surface area contributed by atoms with Gasteiger partial charge in [-0.1, -0.05) is 12.1 Å². The van der Waals surface area contributed by atoms with Gasteiger partial charge in [-0.15, -0.1) is 24.0 Å². The second kappa shape index (κ2) is 10.1. The summed E-state index contributed by atoms with van der Waals surface area (Å²) in [5, 5.41) is 16.4. The van der Waals surface area contributed by atoms with Crippen LogP contribution in [0, 0.1) is 5.82 Å². The number of guanidine groups is 1. The minimum Gasteiger partial charge on any atom is -0.387 e. The van der Waals surface area contributed by atoms with Crippen molar-refractivity contribution in [1.29, 1.82) is 0 Å². The summed E-state index contributed by atoms with van der Waals surface area (Å²) in [6.07, 6.45) is 1.35. The zero-order chi connectivity index (χ0) is 16.7. The Hall–Kier alpha value is -0.930. The third kappa shape index (κ3) is 6.52. The maximum Gasteiger partial charge on any atom is 0.191 e. The number of hydrogen-bond acceptors (Lipinski definition) is 3. The lowest BCUT2D eigenvalue weighted by Gasteiger charge is -2.22. The molecule has 1 aromatic carbocycles. The fourth-order valence-electron chi connectivity index (χ4n) is 2.55. The summed E-state index contributed by atoms with van der Waals surface area (Å²) in [4.78, 5) is 4.55. The predicted octanol–water partition coefficient (Wildman–Crippen LogP) is 2.60. The summed E-state index contributed by atoms with van der Waals surface area (Å²) in [6.45, 7) is 6.46. The van der Waals surface area contributed by atoms with Crippen LogP contribution in [0.5, 0.6) is 0 Å². The van der Waals surface area contributed by atoms with Crippen LogP contribution in [-0.2, 0) is 4.74 Å². The largest absolute Gasteiger partial charge is 0.387 e. The molecule has 1 aliphatic rings. The van der Waals surface area contributed by atoms with Crippen LogP contribution in [0.1, 0.15) is 38.4 Å². The SMILES string of the molecule is CCNC(=NCC1(C)CCCO1)NCC(O)c1ccc(F)cc1.I. The van der Waals surface area contributed by atoms with Gasteiger partial charge in [0.15, 0.2) is 5.96 Å². The van der Waals surface area contributed by atoms with Crippen molar-refractivity contribution in [3.05, 3.63) is 35.6 Å². The molecule has 0 aromatic heterocycles. The summed E-state index contributed by atoms with van der Waals surface area (Å²) in [5.74, 6) is 0.332. The van der Waals surface area contributed by atoms with Crippen molar-refractivity contribution in [3.8, 4) is 0 Å². The number of hydrogen-bond donors (Lipinski definition) is 3. The Kier molecular flexibility index (Phi) is 8.93. The monoisotopic (exact) mass is 451 g/mol. The second-order valence-electron chi connectivity index (χ2n) is 6.05. The molecule has 136 valence electrons. The molecule has 2 unspecified atom stereocenters. The highest BCUT2D eigenvalue weighted by atomic mass is 127. The predicted molar refractivity (Wildman–Crippen MR) is 104 cm³/mol. The first-order valence-electron chi connectivity index (χ1n) is 8.12. The van der Waals surface area contributed by atoms with E-state index in [1.54, 1.807) is 12.1 Å². The minimum atomic E-state index is -0.724. The zero-order valence-electron chi connectivity index (χ0n) is 14.2. The van der Waals surface area contributed by atoms with Gasteiger partial charge in [0.05, 0.1) is 18.2 Å². The van der Waals surface area contributed by atoms with Gasteiger partial charge >= 0.3 is 0 Å². The first kappa shape index (κ1) is 21.1. The van der Waals surface area contributed by atoms with E-state index in [9.17, 15) is 9.50 Å². The number of ether oxygens (including phenoxy) is 1. The van der Waals surface area contributed by atoms with Gasteiger partial charge in [0.1, 0.15) is 5.82 Å². The lowest BCUT2D eigenvalue weighted by molar-refractivity contribution is 0.0283. The third-order valence-corrected chi connectivity index (χ3v) is 3.93. The summed E-state index contributed by atoms with van der Waals surface area (Å²) in [5.41, 5.74) is 0.471. The normalized spacial score (nSPS) is 21.9. The van der Waals surface area contributed by atoms with Crippen molar-refractivity contribution < 1.29 is 14.2 Å². The van der Waals surface area contributed by atoms with Gasteiger partial charge in [-0.2, -0.15) is 0 Å². The first-order chi connectivity index (χ1) is 11.0. The average molecular weight is 451 g/mol. The number of halogens is 2. The summed E-state index contributed by atoms with van der Waals surface area (Å²) < 4.78 is 18.6. The van der Waals surface area contributed by atoms with Crippen LogP contribution in [-0.4, -0.2) is 42.9 Å². The molecule has 2 atom stereocenters. The van der Waals surface area contributed by atoms with Crippen molar-refractivity contribution in [2.45, 2.75) is 38.4 Å². The number of nitrogens with one attached hydrogen (secondary N) is 2. The van der Waals surface area contributed by atoms with Crippen molar-refractivity contribution in [2.75, 3.05) is 26.2 Å². The standard InChI is InChI=1S/C17H26FN3O2.HI/c1-3-19-16(21-12-17(2)9-4-10-23-17)20-11-15(22)13-5-7-14(18)8-6-13;/h5-8,15,22H,3-4,9-12H2,1-2H3,(H2,19,20,21);1H. The lowest BCUT2D eigenvalue weighted by atomic mass is 10.0. The van der Waals surface area contributed by atoms with Crippen molar-refractivity contribution >= 4 is 29.9 Å². The quantitative estimate of drug-likeness (QED) is 0.354. The topological polar surface area (TPSA) is 65.9 Å². The molecule has 5 nitrogen and oxygen atoms in total. The molecule has 0 bridgehead atoms. The van der Waals surface area contributed by atoms with Crippen LogP contribution in [0.4, 0.5) is 4.39 Å². The Bertz CT molecular complexity index is 519. The van der Waals surface area contributed by atoms with Gasteiger partial charge in [0, 0.05) is 19.7 Å². The Morgan fingerprint density at radius 3 is 2.67 bits per heavy atom. The lowest BCUT2D eigenvalue weighted by Crippen LogP contribution is -2.41. The van der Waals surface area contributed by atoms with E-state index in [1.165, 1.54) is 12.1 Å². The van der Waals surface area contributed by atoms with Crippen LogP contribution in [0.2, 0.25) is 0 Å². The molecule has 0 spiro atoms. The third-order valence-electron chi connectivity index (χ3n) is 3.93. The van der Waals surface area contributed by atoms with E-state index in [-0.39, 0.29) is 35.4 Å². The van der Waals surface area contributed by atoms with E-state index in [1.807, 2.05) is 6.92 Å². The van der Waals surface area contributed by atoms with E-state index in [2.05, 4.69) is 22.5 Å². The molecule has 0 aliphatic carbocycles. The molecule has 1 aromatic rings. The van der Waals surface area contributed by atoms with Gasteiger partial charge in [-0.3, -0.25) is 4.99 Å². The molecule has 2 rings (SSSR count). The van der Waals surface area contributed by atoms with Crippen LogP contribution in [0.25, 0.3) is 0 Å². The van der Waals surface area contributed by atoms with Gasteiger partial charge in [-0.05, 0) is 44.4 Å². The highest BCUT2D eigenvalue weighted by Crippen LogP contribution is 2.25. The van der Waals surface area contributed by atoms with Crippen molar-refractivity contribution in [2.24, 2.45) is 4.99 Å². The van der Waals surface area contributed by atoms with Gasteiger partial charge in [0.2, 0.25) is 0 Å². The number of benzene rings is 1. The van der Waals surface area contributed by atoms with E-state index in [4.69, 9.17) is 4.74 Å². The molecule has 24 heavy (non-hydrogen) atoms. The van der Waals surface area contributed by atoms with Crippen LogP contribution < -0.4 is 10.6 Å². The molecule has 1 saturated heterocycles. The summed E-state index contributed by atoms with van der Waals surface area (Å²) >= 11 is 0. The van der Waals surface area contributed by atoms with Gasteiger partial charge < -0.3 is 20.5 Å². The molecular weight excluding hydrogens is 424 g/mol. The van der Waals surface area contributed by atoms with E-state index < -0.39 is 6.10 Å². The molecule has 0 amide bonds. The van der Waals surface area contributed by atoms with E-state index >= 15 is 0 Å². The fraction of sp³-hybridized carbons (Fsp3) is 0.588. The summed E-state index contributed by atoms with van der Waals surface area (Å²) in [7, 11) is 0. The maximum atomic E-state index is 12.9. The molecule has 1 heterocycles. The fourth-order valence-corrected chi connectivity index (χ4v) is 2.55. The van der Waals surface area contributed by atoms with Crippen LogP contribution >= 0.6 is 24.0 Å². The number of aliphatic hydroxyl groups excluding tert-OH is 1. The first-order valence-corrected chi connectivity index (χ1v) is 8.12. The highest BCUT2D eigenvalue weighted by molar-refractivity contribution is 14.0. The smallest absolute Gasteiger partial charge is 0.191 e.